The summed E-state index contributed by atoms with van der Waals surface area (Å²) in [5, 5.41) is 2.29. The standard InChI is InChI=1S/C13H12F3N/c1-9-2-4-10(5-3-9)11-6-7-17-12(8-11)13(14,15)16/h2-8,12,17H,1H3. The molecule has 0 spiro atoms. The fourth-order valence-corrected chi connectivity index (χ4v) is 1.65. The third-order valence-corrected chi connectivity index (χ3v) is 2.62. The summed E-state index contributed by atoms with van der Waals surface area (Å²) >= 11 is 0. The molecular formula is C13H12F3N. The van der Waals surface area contributed by atoms with Crippen LogP contribution in [0.2, 0.25) is 0 Å². The Morgan fingerprint density at radius 2 is 1.76 bits per heavy atom. The zero-order valence-corrected chi connectivity index (χ0v) is 9.25. The van der Waals surface area contributed by atoms with Crippen LogP contribution in [0.1, 0.15) is 11.1 Å². The second-order valence-corrected chi connectivity index (χ2v) is 4.01. The molecule has 4 heteroatoms. The molecule has 1 heterocycles. The van der Waals surface area contributed by atoms with Crippen molar-refractivity contribution in [1.29, 1.82) is 0 Å². The van der Waals surface area contributed by atoms with Crippen LogP contribution >= 0.6 is 0 Å². The number of hydrogen-bond acceptors (Lipinski definition) is 1. The van der Waals surface area contributed by atoms with Crippen LogP contribution in [0.5, 0.6) is 0 Å². The molecule has 0 bridgehead atoms. The third-order valence-electron chi connectivity index (χ3n) is 2.62. The average molecular weight is 239 g/mol. The fraction of sp³-hybridized carbons (Fsp3) is 0.231. The minimum atomic E-state index is -4.26. The summed E-state index contributed by atoms with van der Waals surface area (Å²) in [7, 11) is 0. The molecule has 2 rings (SSSR count). The summed E-state index contributed by atoms with van der Waals surface area (Å²) in [6, 6.07) is 5.81. The smallest absolute Gasteiger partial charge is 0.377 e. The Morgan fingerprint density at radius 3 is 2.35 bits per heavy atom. The first kappa shape index (κ1) is 11.8. The van der Waals surface area contributed by atoms with Gasteiger partial charge in [0.1, 0.15) is 6.04 Å². The highest BCUT2D eigenvalue weighted by Gasteiger charge is 2.38. The molecule has 1 aliphatic heterocycles. The molecule has 1 nitrogen and oxygen atoms in total. The van der Waals surface area contributed by atoms with Gasteiger partial charge in [0.05, 0.1) is 0 Å². The van der Waals surface area contributed by atoms with Crippen LogP contribution in [-0.2, 0) is 0 Å². The summed E-state index contributed by atoms with van der Waals surface area (Å²) in [6.45, 7) is 1.94. The molecule has 1 aromatic carbocycles. The van der Waals surface area contributed by atoms with E-state index in [0.717, 1.165) is 11.1 Å². The van der Waals surface area contributed by atoms with Gasteiger partial charge in [-0.2, -0.15) is 13.2 Å². The molecule has 17 heavy (non-hydrogen) atoms. The number of nitrogens with one attached hydrogen (secondary N) is 1. The lowest BCUT2D eigenvalue weighted by atomic mass is 10.00. The Hall–Kier alpha value is -1.71. The van der Waals surface area contributed by atoms with Gasteiger partial charge in [0, 0.05) is 0 Å². The predicted octanol–water partition coefficient (Wildman–Crippen LogP) is 3.43. The van der Waals surface area contributed by atoms with Gasteiger partial charge < -0.3 is 5.32 Å². The first-order valence-electron chi connectivity index (χ1n) is 5.25. The van der Waals surface area contributed by atoms with Gasteiger partial charge in [-0.25, -0.2) is 0 Å². The number of hydrogen-bond donors (Lipinski definition) is 1. The van der Waals surface area contributed by atoms with Crippen molar-refractivity contribution in [3.63, 3.8) is 0 Å². The quantitative estimate of drug-likeness (QED) is 0.791. The lowest BCUT2D eigenvalue weighted by Crippen LogP contribution is -2.39. The number of aryl methyl sites for hydroxylation is 1. The van der Waals surface area contributed by atoms with Crippen molar-refractivity contribution in [3.05, 3.63) is 53.7 Å². The molecule has 0 aliphatic carbocycles. The predicted molar refractivity (Wildman–Crippen MR) is 61.3 cm³/mol. The number of halogens is 3. The van der Waals surface area contributed by atoms with Gasteiger partial charge in [-0.1, -0.05) is 29.8 Å². The minimum Gasteiger partial charge on any atom is -0.377 e. The Kier molecular flexibility index (Phi) is 2.96. The van der Waals surface area contributed by atoms with Crippen LogP contribution in [-0.4, -0.2) is 12.2 Å². The molecule has 1 unspecified atom stereocenters. The van der Waals surface area contributed by atoms with Gasteiger partial charge in [-0.05, 0) is 36.4 Å². The maximum atomic E-state index is 12.6. The monoisotopic (exact) mass is 239 g/mol. The second-order valence-electron chi connectivity index (χ2n) is 4.01. The van der Waals surface area contributed by atoms with Crippen LogP contribution in [0.15, 0.2) is 42.6 Å². The van der Waals surface area contributed by atoms with Crippen molar-refractivity contribution in [2.24, 2.45) is 0 Å². The highest BCUT2D eigenvalue weighted by atomic mass is 19.4. The number of alkyl halides is 3. The van der Waals surface area contributed by atoms with Crippen molar-refractivity contribution in [1.82, 2.24) is 5.32 Å². The van der Waals surface area contributed by atoms with Crippen LogP contribution in [0.4, 0.5) is 13.2 Å². The topological polar surface area (TPSA) is 12.0 Å². The molecule has 90 valence electrons. The average Bonchev–Trinajstić information content (AvgIpc) is 2.29. The van der Waals surface area contributed by atoms with E-state index in [0.29, 0.717) is 5.57 Å². The molecule has 0 amide bonds. The summed E-state index contributed by atoms with van der Waals surface area (Å²) in [5.41, 5.74) is 2.47. The first-order valence-corrected chi connectivity index (χ1v) is 5.25. The molecule has 0 saturated heterocycles. The molecule has 1 aliphatic rings. The van der Waals surface area contributed by atoms with Gasteiger partial charge in [0.2, 0.25) is 0 Å². The first-order chi connectivity index (χ1) is 7.97. The maximum Gasteiger partial charge on any atom is 0.412 e. The van der Waals surface area contributed by atoms with Crippen molar-refractivity contribution in [2.45, 2.75) is 19.1 Å². The van der Waals surface area contributed by atoms with E-state index in [1.807, 2.05) is 31.2 Å². The molecule has 0 radical (unpaired) electrons. The SMILES string of the molecule is Cc1ccc(C2=CC(C(F)(F)F)NC=C2)cc1. The molecule has 0 saturated carbocycles. The number of rotatable bonds is 1. The van der Waals surface area contributed by atoms with E-state index in [2.05, 4.69) is 5.32 Å². The van der Waals surface area contributed by atoms with E-state index in [9.17, 15) is 13.2 Å². The Morgan fingerprint density at radius 1 is 1.12 bits per heavy atom. The van der Waals surface area contributed by atoms with Crippen LogP contribution < -0.4 is 5.32 Å². The van der Waals surface area contributed by atoms with Crippen molar-refractivity contribution >= 4 is 5.57 Å². The van der Waals surface area contributed by atoms with Gasteiger partial charge >= 0.3 is 6.18 Å². The Labute approximate surface area is 97.6 Å². The molecule has 1 aromatic rings. The molecule has 1 atom stereocenters. The van der Waals surface area contributed by atoms with E-state index in [4.69, 9.17) is 0 Å². The zero-order valence-electron chi connectivity index (χ0n) is 9.25. The second kappa shape index (κ2) is 4.28. The largest absolute Gasteiger partial charge is 0.412 e. The zero-order chi connectivity index (χ0) is 12.5. The van der Waals surface area contributed by atoms with Gasteiger partial charge in [0.15, 0.2) is 0 Å². The van der Waals surface area contributed by atoms with Crippen molar-refractivity contribution in [3.8, 4) is 0 Å². The van der Waals surface area contributed by atoms with Gasteiger partial charge in [-0.15, -0.1) is 0 Å². The lowest BCUT2D eigenvalue weighted by Gasteiger charge is -2.21. The summed E-state index contributed by atoms with van der Waals surface area (Å²) in [5.74, 6) is 0. The molecule has 0 aromatic heterocycles. The lowest BCUT2D eigenvalue weighted by molar-refractivity contribution is -0.142. The Bertz CT molecular complexity index is 455. The number of allylic oxidation sites excluding steroid dienone is 2. The van der Waals surface area contributed by atoms with Gasteiger partial charge in [-0.3, -0.25) is 0 Å². The normalized spacial score (nSPS) is 19.8. The number of benzene rings is 1. The maximum absolute atomic E-state index is 12.6. The third kappa shape index (κ3) is 2.70. The summed E-state index contributed by atoms with van der Waals surface area (Å²) in [6.07, 6.45) is -0.0778. The highest BCUT2D eigenvalue weighted by Crippen LogP contribution is 2.27. The van der Waals surface area contributed by atoms with Crippen LogP contribution in [0.25, 0.3) is 5.57 Å². The van der Waals surface area contributed by atoms with E-state index < -0.39 is 12.2 Å². The molecular weight excluding hydrogens is 227 g/mol. The van der Waals surface area contributed by atoms with E-state index in [-0.39, 0.29) is 0 Å². The van der Waals surface area contributed by atoms with E-state index >= 15 is 0 Å². The van der Waals surface area contributed by atoms with E-state index in [1.165, 1.54) is 12.3 Å². The van der Waals surface area contributed by atoms with Crippen molar-refractivity contribution < 1.29 is 13.2 Å². The van der Waals surface area contributed by atoms with Crippen LogP contribution in [0.3, 0.4) is 0 Å². The molecule has 1 N–H and O–H groups in total. The van der Waals surface area contributed by atoms with Crippen LogP contribution in [0, 0.1) is 6.92 Å². The van der Waals surface area contributed by atoms with Gasteiger partial charge in [0.25, 0.3) is 0 Å². The van der Waals surface area contributed by atoms with Crippen molar-refractivity contribution in [2.75, 3.05) is 0 Å². The fourth-order valence-electron chi connectivity index (χ4n) is 1.65. The molecule has 0 fully saturated rings. The number of dihydropyridines is 1. The summed E-state index contributed by atoms with van der Waals surface area (Å²) in [4.78, 5) is 0. The van der Waals surface area contributed by atoms with E-state index in [1.54, 1.807) is 6.08 Å². The Balaban J connectivity index is 2.29. The summed E-state index contributed by atoms with van der Waals surface area (Å²) < 4.78 is 37.7. The minimum absolute atomic E-state index is 0.589. The highest BCUT2D eigenvalue weighted by molar-refractivity contribution is 5.75.